The highest BCUT2D eigenvalue weighted by Crippen LogP contribution is 2.36. The van der Waals surface area contributed by atoms with E-state index in [0.29, 0.717) is 21.7 Å². The number of carbonyl (C=O) groups is 1. The Bertz CT molecular complexity index is 1230. The smallest absolute Gasteiger partial charge is 0.266 e. The zero-order valence-corrected chi connectivity index (χ0v) is 21.9. The molecule has 0 aliphatic carbocycles. The SMILES string of the molecule is CCCCCN1C(=O)C(=Cc2cn(-c3ccccc3)nc2-c2cc(C(C)C)ccc2C)SC1=S. The monoisotopic (exact) mass is 489 g/mol. The highest BCUT2D eigenvalue weighted by atomic mass is 32.2. The van der Waals surface area contributed by atoms with Crippen LogP contribution in [-0.2, 0) is 4.79 Å². The van der Waals surface area contributed by atoms with Gasteiger partial charge in [0.2, 0.25) is 0 Å². The van der Waals surface area contributed by atoms with Crippen LogP contribution in [0.25, 0.3) is 23.0 Å². The van der Waals surface area contributed by atoms with Crippen LogP contribution in [0.5, 0.6) is 0 Å². The predicted molar refractivity (Wildman–Crippen MR) is 147 cm³/mol. The van der Waals surface area contributed by atoms with Gasteiger partial charge in [-0.05, 0) is 54.7 Å². The molecule has 1 fully saturated rings. The topological polar surface area (TPSA) is 38.1 Å². The summed E-state index contributed by atoms with van der Waals surface area (Å²) in [5.74, 6) is 0.413. The summed E-state index contributed by atoms with van der Waals surface area (Å²) in [5.41, 5.74) is 6.29. The van der Waals surface area contributed by atoms with E-state index in [9.17, 15) is 4.79 Å². The van der Waals surface area contributed by atoms with Crippen LogP contribution in [0.2, 0.25) is 0 Å². The summed E-state index contributed by atoms with van der Waals surface area (Å²) in [7, 11) is 0. The van der Waals surface area contributed by atoms with Crippen molar-refractivity contribution in [2.75, 3.05) is 6.54 Å². The van der Waals surface area contributed by atoms with Crippen molar-refractivity contribution >= 4 is 40.3 Å². The molecular formula is C28H31N3OS2. The molecule has 0 bridgehead atoms. The van der Waals surface area contributed by atoms with Crippen molar-refractivity contribution in [3.63, 3.8) is 0 Å². The van der Waals surface area contributed by atoms with Crippen molar-refractivity contribution in [3.05, 3.63) is 76.3 Å². The van der Waals surface area contributed by atoms with Gasteiger partial charge >= 0.3 is 0 Å². The van der Waals surface area contributed by atoms with Gasteiger partial charge in [0, 0.05) is 23.9 Å². The number of benzene rings is 2. The number of aryl methyl sites for hydroxylation is 1. The predicted octanol–water partition coefficient (Wildman–Crippen LogP) is 7.36. The van der Waals surface area contributed by atoms with Gasteiger partial charge in [-0.25, -0.2) is 4.68 Å². The molecule has 0 unspecified atom stereocenters. The van der Waals surface area contributed by atoms with Gasteiger partial charge in [0.15, 0.2) is 0 Å². The summed E-state index contributed by atoms with van der Waals surface area (Å²) in [6, 6.07) is 16.6. The molecule has 2 heterocycles. The first-order valence-electron chi connectivity index (χ1n) is 11.9. The van der Waals surface area contributed by atoms with Crippen LogP contribution in [0.4, 0.5) is 0 Å². The third kappa shape index (κ3) is 5.18. The van der Waals surface area contributed by atoms with Crippen LogP contribution < -0.4 is 0 Å². The van der Waals surface area contributed by atoms with E-state index in [0.717, 1.165) is 47.3 Å². The molecule has 4 nitrogen and oxygen atoms in total. The Labute approximate surface area is 212 Å². The van der Waals surface area contributed by atoms with Crippen molar-refractivity contribution in [2.45, 2.75) is 52.9 Å². The van der Waals surface area contributed by atoms with Gasteiger partial charge in [-0.1, -0.05) is 87.9 Å². The fraction of sp³-hybridized carbons (Fsp3) is 0.321. The van der Waals surface area contributed by atoms with Crippen molar-refractivity contribution in [1.29, 1.82) is 0 Å². The second-order valence-electron chi connectivity index (χ2n) is 8.98. The Morgan fingerprint density at radius 2 is 1.88 bits per heavy atom. The number of amides is 1. The summed E-state index contributed by atoms with van der Waals surface area (Å²) in [6.07, 6.45) is 7.14. The maximum atomic E-state index is 13.2. The Kier molecular flexibility index (Phi) is 7.69. The molecule has 0 spiro atoms. The van der Waals surface area contributed by atoms with Gasteiger partial charge in [-0.3, -0.25) is 9.69 Å². The molecule has 0 atom stereocenters. The molecule has 4 rings (SSSR count). The lowest BCUT2D eigenvalue weighted by atomic mass is 9.95. The highest BCUT2D eigenvalue weighted by molar-refractivity contribution is 8.26. The number of unbranched alkanes of at least 4 members (excludes halogenated alkanes) is 2. The summed E-state index contributed by atoms with van der Waals surface area (Å²) >= 11 is 6.93. The van der Waals surface area contributed by atoms with Crippen LogP contribution in [-0.4, -0.2) is 31.5 Å². The average Bonchev–Trinajstić information content (AvgIpc) is 3.36. The largest absolute Gasteiger partial charge is 0.293 e. The van der Waals surface area contributed by atoms with Gasteiger partial charge in [0.25, 0.3) is 5.91 Å². The van der Waals surface area contributed by atoms with Crippen LogP contribution in [0.1, 0.15) is 62.6 Å². The molecule has 176 valence electrons. The molecule has 0 saturated carbocycles. The maximum absolute atomic E-state index is 13.2. The Balaban J connectivity index is 1.78. The molecular weight excluding hydrogens is 458 g/mol. The highest BCUT2D eigenvalue weighted by Gasteiger charge is 2.32. The summed E-state index contributed by atoms with van der Waals surface area (Å²) in [4.78, 5) is 15.6. The van der Waals surface area contributed by atoms with E-state index >= 15 is 0 Å². The molecule has 0 radical (unpaired) electrons. The number of thiocarbonyl (C=S) groups is 1. The molecule has 6 heteroatoms. The van der Waals surface area contributed by atoms with Crippen LogP contribution in [0, 0.1) is 6.92 Å². The van der Waals surface area contributed by atoms with Gasteiger partial charge in [0.05, 0.1) is 10.6 Å². The summed E-state index contributed by atoms with van der Waals surface area (Å²) in [6.45, 7) is 9.34. The third-order valence-corrected chi connectivity index (χ3v) is 7.47. The van der Waals surface area contributed by atoms with Gasteiger partial charge < -0.3 is 0 Å². The number of hydrogen-bond acceptors (Lipinski definition) is 4. The van der Waals surface area contributed by atoms with Gasteiger partial charge in [0.1, 0.15) is 10.0 Å². The Hall–Kier alpha value is -2.70. The molecule has 1 amide bonds. The standard InChI is InChI=1S/C28H31N3OS2/c1-5-6-10-15-30-27(32)25(34-28(30)33)17-22-18-31(23-11-8-7-9-12-23)29-26(22)24-16-21(19(2)3)14-13-20(24)4/h7-9,11-14,16-19H,5-6,10,15H2,1-4H3. The minimum Gasteiger partial charge on any atom is -0.293 e. The second-order valence-corrected chi connectivity index (χ2v) is 10.7. The van der Waals surface area contributed by atoms with E-state index in [1.807, 2.05) is 47.3 Å². The first-order chi connectivity index (χ1) is 16.4. The fourth-order valence-electron chi connectivity index (χ4n) is 4.02. The molecule has 1 aromatic heterocycles. The van der Waals surface area contributed by atoms with E-state index in [4.69, 9.17) is 17.3 Å². The lowest BCUT2D eigenvalue weighted by Crippen LogP contribution is -2.28. The van der Waals surface area contributed by atoms with Gasteiger partial charge in [-0.2, -0.15) is 5.10 Å². The molecule has 1 aliphatic rings. The van der Waals surface area contributed by atoms with E-state index in [1.165, 1.54) is 17.3 Å². The molecule has 0 N–H and O–H groups in total. The zero-order valence-electron chi connectivity index (χ0n) is 20.2. The number of para-hydroxylation sites is 1. The lowest BCUT2D eigenvalue weighted by Gasteiger charge is -2.13. The van der Waals surface area contributed by atoms with E-state index < -0.39 is 0 Å². The first kappa shape index (κ1) is 24.4. The Morgan fingerprint density at radius 3 is 2.59 bits per heavy atom. The van der Waals surface area contributed by atoms with E-state index in [2.05, 4.69) is 45.9 Å². The van der Waals surface area contributed by atoms with Crippen LogP contribution in [0.15, 0.2) is 59.6 Å². The third-order valence-electron chi connectivity index (χ3n) is 6.09. The lowest BCUT2D eigenvalue weighted by molar-refractivity contribution is -0.122. The number of aromatic nitrogens is 2. The summed E-state index contributed by atoms with van der Waals surface area (Å²) in [5, 5.41) is 4.98. The number of nitrogens with zero attached hydrogens (tertiary/aromatic N) is 3. The van der Waals surface area contributed by atoms with E-state index in [-0.39, 0.29) is 5.91 Å². The van der Waals surface area contributed by atoms with Crippen LogP contribution in [0.3, 0.4) is 0 Å². The zero-order chi connectivity index (χ0) is 24.2. The van der Waals surface area contributed by atoms with Crippen LogP contribution >= 0.6 is 24.0 Å². The number of carbonyl (C=O) groups excluding carboxylic acids is 1. The summed E-state index contributed by atoms with van der Waals surface area (Å²) < 4.78 is 2.53. The van der Waals surface area contributed by atoms with Crippen molar-refractivity contribution in [2.24, 2.45) is 0 Å². The first-order valence-corrected chi connectivity index (χ1v) is 13.1. The quantitative estimate of drug-likeness (QED) is 0.188. The molecule has 1 aliphatic heterocycles. The van der Waals surface area contributed by atoms with Crippen molar-refractivity contribution in [1.82, 2.24) is 14.7 Å². The number of hydrogen-bond donors (Lipinski definition) is 0. The van der Waals surface area contributed by atoms with Gasteiger partial charge in [-0.15, -0.1) is 0 Å². The molecule has 34 heavy (non-hydrogen) atoms. The van der Waals surface area contributed by atoms with E-state index in [1.54, 1.807) is 4.90 Å². The minimum absolute atomic E-state index is 0.00262. The maximum Gasteiger partial charge on any atom is 0.266 e. The minimum atomic E-state index is -0.00262. The molecule has 1 saturated heterocycles. The Morgan fingerprint density at radius 1 is 1.12 bits per heavy atom. The second kappa shape index (κ2) is 10.7. The fourth-order valence-corrected chi connectivity index (χ4v) is 5.32. The number of rotatable bonds is 8. The normalized spacial score (nSPS) is 15.2. The van der Waals surface area contributed by atoms with Crippen molar-refractivity contribution < 1.29 is 4.79 Å². The van der Waals surface area contributed by atoms with Crippen molar-refractivity contribution in [3.8, 4) is 16.9 Å². The average molecular weight is 490 g/mol. The number of thioether (sulfide) groups is 1. The molecule has 2 aromatic carbocycles. The molecule has 3 aromatic rings.